The van der Waals surface area contributed by atoms with Crippen LogP contribution in [0.15, 0.2) is 48.5 Å². The number of carbonyl (C=O) groups is 2. The van der Waals surface area contributed by atoms with Gasteiger partial charge >= 0.3 is 0 Å². The molecule has 0 bridgehead atoms. The van der Waals surface area contributed by atoms with Crippen LogP contribution in [0.25, 0.3) is 0 Å². The van der Waals surface area contributed by atoms with Gasteiger partial charge in [0.15, 0.2) is 0 Å². The summed E-state index contributed by atoms with van der Waals surface area (Å²) in [6, 6.07) is 16.8. The molecule has 4 nitrogen and oxygen atoms in total. The molecule has 28 heavy (non-hydrogen) atoms. The summed E-state index contributed by atoms with van der Waals surface area (Å²) in [6.45, 7) is 5.27. The molecule has 6 heteroatoms. The van der Waals surface area contributed by atoms with E-state index in [0.29, 0.717) is 24.6 Å². The normalized spacial score (nSPS) is 22.4. The van der Waals surface area contributed by atoms with Crippen LogP contribution in [-0.2, 0) is 9.59 Å². The first-order chi connectivity index (χ1) is 13.5. The summed E-state index contributed by atoms with van der Waals surface area (Å²) in [5.74, 6) is 1.31. The van der Waals surface area contributed by atoms with Gasteiger partial charge in [-0.25, -0.2) is 0 Å². The molecule has 2 fully saturated rings. The molecule has 0 aliphatic carbocycles. The van der Waals surface area contributed by atoms with Gasteiger partial charge in [-0.15, -0.1) is 23.5 Å². The molecule has 4 rings (SSSR count). The monoisotopic (exact) mass is 412 g/mol. The minimum absolute atomic E-state index is 0.0382. The van der Waals surface area contributed by atoms with Crippen molar-refractivity contribution in [2.45, 2.75) is 24.6 Å². The van der Waals surface area contributed by atoms with Crippen molar-refractivity contribution in [3.05, 3.63) is 70.8 Å². The van der Waals surface area contributed by atoms with Crippen molar-refractivity contribution >= 4 is 35.3 Å². The van der Waals surface area contributed by atoms with Crippen molar-refractivity contribution in [1.82, 2.24) is 9.80 Å². The fourth-order valence-corrected chi connectivity index (χ4v) is 6.06. The van der Waals surface area contributed by atoms with Gasteiger partial charge < -0.3 is 9.80 Å². The number of benzene rings is 2. The van der Waals surface area contributed by atoms with Gasteiger partial charge in [-0.1, -0.05) is 59.7 Å². The van der Waals surface area contributed by atoms with Gasteiger partial charge in [-0.2, -0.15) is 0 Å². The zero-order chi connectivity index (χ0) is 19.7. The summed E-state index contributed by atoms with van der Waals surface area (Å²) >= 11 is 3.33. The Morgan fingerprint density at radius 3 is 1.43 bits per heavy atom. The highest BCUT2D eigenvalue weighted by atomic mass is 32.2. The predicted octanol–water partition coefficient (Wildman–Crippen LogP) is 4.15. The Morgan fingerprint density at radius 2 is 1.07 bits per heavy atom. The van der Waals surface area contributed by atoms with Crippen molar-refractivity contribution in [3.63, 3.8) is 0 Å². The summed E-state index contributed by atoms with van der Waals surface area (Å²) < 4.78 is 0. The first-order valence-corrected chi connectivity index (χ1v) is 11.6. The van der Waals surface area contributed by atoms with Gasteiger partial charge in [0.2, 0.25) is 11.8 Å². The van der Waals surface area contributed by atoms with E-state index in [2.05, 4.69) is 62.4 Å². The van der Waals surface area contributed by atoms with Crippen LogP contribution in [0.5, 0.6) is 0 Å². The van der Waals surface area contributed by atoms with E-state index >= 15 is 0 Å². The third kappa shape index (κ3) is 3.94. The van der Waals surface area contributed by atoms with Crippen molar-refractivity contribution in [2.75, 3.05) is 24.6 Å². The molecule has 2 amide bonds. The molecule has 2 aromatic carbocycles. The number of thioether (sulfide) groups is 2. The fraction of sp³-hybridized carbons (Fsp3) is 0.364. The highest BCUT2D eigenvalue weighted by Gasteiger charge is 2.36. The largest absolute Gasteiger partial charge is 0.324 e. The maximum atomic E-state index is 12.5. The highest BCUT2D eigenvalue weighted by molar-refractivity contribution is 8.00. The first-order valence-electron chi connectivity index (χ1n) is 9.48. The molecule has 0 unspecified atom stereocenters. The molecule has 0 spiro atoms. The zero-order valence-corrected chi connectivity index (χ0v) is 17.8. The Bertz CT molecular complexity index is 794. The van der Waals surface area contributed by atoms with Crippen LogP contribution in [0.2, 0.25) is 0 Å². The van der Waals surface area contributed by atoms with E-state index in [0.717, 1.165) is 11.1 Å². The molecule has 0 N–H and O–H groups in total. The van der Waals surface area contributed by atoms with Crippen molar-refractivity contribution in [1.29, 1.82) is 0 Å². The number of rotatable bonds is 5. The first kappa shape index (κ1) is 19.4. The third-order valence-electron chi connectivity index (χ3n) is 5.24. The van der Waals surface area contributed by atoms with Gasteiger partial charge in [-0.05, 0) is 25.0 Å². The molecular weight excluding hydrogens is 388 g/mol. The van der Waals surface area contributed by atoms with Gasteiger partial charge in [0, 0.05) is 13.1 Å². The highest BCUT2D eigenvalue weighted by Crippen LogP contribution is 2.41. The third-order valence-corrected chi connectivity index (χ3v) is 7.76. The minimum Gasteiger partial charge on any atom is -0.324 e. The molecule has 2 aliphatic heterocycles. The average molecular weight is 413 g/mol. The lowest BCUT2D eigenvalue weighted by atomic mass is 10.1. The minimum atomic E-state index is 0.0382. The Hall–Kier alpha value is -1.92. The van der Waals surface area contributed by atoms with Gasteiger partial charge in [0.1, 0.15) is 10.7 Å². The maximum Gasteiger partial charge on any atom is 0.233 e. The Morgan fingerprint density at radius 1 is 0.714 bits per heavy atom. The second-order valence-corrected chi connectivity index (χ2v) is 9.46. The van der Waals surface area contributed by atoms with E-state index < -0.39 is 0 Å². The number of nitrogens with zero attached hydrogens (tertiary/aromatic N) is 2. The van der Waals surface area contributed by atoms with Crippen LogP contribution in [-0.4, -0.2) is 46.2 Å². The number of carbonyl (C=O) groups excluding carboxylic acids is 2. The van der Waals surface area contributed by atoms with Crippen LogP contribution in [0, 0.1) is 13.8 Å². The van der Waals surface area contributed by atoms with E-state index in [1.807, 2.05) is 9.80 Å². The molecule has 0 aromatic heterocycles. The van der Waals surface area contributed by atoms with Gasteiger partial charge in [0.05, 0.1) is 11.5 Å². The Balaban J connectivity index is 1.48. The summed E-state index contributed by atoms with van der Waals surface area (Å²) in [7, 11) is 0. The Labute approximate surface area is 174 Å². The van der Waals surface area contributed by atoms with E-state index in [1.54, 1.807) is 23.5 Å². The van der Waals surface area contributed by atoms with Crippen LogP contribution >= 0.6 is 23.5 Å². The Kier molecular flexibility index (Phi) is 5.69. The molecule has 2 aliphatic rings. The maximum absolute atomic E-state index is 12.5. The second kappa shape index (κ2) is 8.21. The molecule has 2 heterocycles. The van der Waals surface area contributed by atoms with Gasteiger partial charge in [0.25, 0.3) is 0 Å². The molecular formula is C22H24N2O2S2. The van der Waals surface area contributed by atoms with Crippen molar-refractivity contribution < 1.29 is 9.59 Å². The smallest absolute Gasteiger partial charge is 0.233 e. The van der Waals surface area contributed by atoms with E-state index in [4.69, 9.17) is 0 Å². The van der Waals surface area contributed by atoms with Crippen LogP contribution in [0.3, 0.4) is 0 Å². The quantitative estimate of drug-likeness (QED) is 0.740. The molecule has 2 atom stereocenters. The zero-order valence-electron chi connectivity index (χ0n) is 16.1. The average Bonchev–Trinajstić information content (AvgIpc) is 3.24. The van der Waals surface area contributed by atoms with Gasteiger partial charge in [-0.3, -0.25) is 9.59 Å². The topological polar surface area (TPSA) is 40.6 Å². The summed E-state index contributed by atoms with van der Waals surface area (Å²) in [4.78, 5) is 28.9. The molecule has 0 saturated carbocycles. The van der Waals surface area contributed by atoms with Crippen LogP contribution in [0.1, 0.15) is 33.0 Å². The molecule has 2 aromatic rings. The summed E-state index contributed by atoms with van der Waals surface area (Å²) in [5.41, 5.74) is 4.73. The number of amides is 2. The molecule has 0 radical (unpaired) electrons. The fourth-order valence-electron chi connectivity index (χ4n) is 3.62. The predicted molar refractivity (Wildman–Crippen MR) is 116 cm³/mol. The molecule has 2 saturated heterocycles. The molecule has 146 valence electrons. The lowest BCUT2D eigenvalue weighted by Crippen LogP contribution is -2.39. The van der Waals surface area contributed by atoms with Crippen LogP contribution < -0.4 is 0 Å². The standard InChI is InChI=1S/C22H24N2O2S2/c1-15-3-7-17(8-4-15)21-23(19(25)13-27-21)11-12-24-20(26)14-28-22(24)18-9-5-16(2)6-10-18/h3-10,21-22H,11-14H2,1-2H3/t21-,22+. The number of hydrogen-bond donors (Lipinski definition) is 0. The van der Waals surface area contributed by atoms with E-state index in [9.17, 15) is 9.59 Å². The van der Waals surface area contributed by atoms with E-state index in [1.165, 1.54) is 11.1 Å². The lowest BCUT2D eigenvalue weighted by molar-refractivity contribution is -0.132. The number of aryl methyl sites for hydroxylation is 2. The van der Waals surface area contributed by atoms with Crippen LogP contribution in [0.4, 0.5) is 0 Å². The van der Waals surface area contributed by atoms with Crippen molar-refractivity contribution in [3.8, 4) is 0 Å². The summed E-state index contributed by atoms with van der Waals surface area (Å²) in [6.07, 6.45) is 0. The lowest BCUT2D eigenvalue weighted by Gasteiger charge is -2.29. The van der Waals surface area contributed by atoms with E-state index in [-0.39, 0.29) is 22.6 Å². The SMILES string of the molecule is Cc1ccc([C@H]2SCC(=O)N2CCN2C(=O)CS[C@H]2c2ccc(C)cc2)cc1. The van der Waals surface area contributed by atoms with Crippen molar-refractivity contribution in [2.24, 2.45) is 0 Å². The second-order valence-electron chi connectivity index (χ2n) is 7.32. The number of hydrogen-bond acceptors (Lipinski definition) is 4. The summed E-state index contributed by atoms with van der Waals surface area (Å²) in [5, 5.41) is 0.0765.